The summed E-state index contributed by atoms with van der Waals surface area (Å²) in [5.41, 5.74) is 0. The third-order valence-electron chi connectivity index (χ3n) is 3.01. The second-order valence-corrected chi connectivity index (χ2v) is 5.31. The second kappa shape index (κ2) is 8.04. The Morgan fingerprint density at radius 1 is 1.38 bits per heavy atom. The maximum absolute atomic E-state index is 5.60. The van der Waals surface area contributed by atoms with E-state index in [0.29, 0.717) is 12.0 Å². The van der Waals surface area contributed by atoms with Gasteiger partial charge < -0.3 is 15.0 Å². The molecule has 1 N–H and O–H groups in total. The molecule has 0 saturated carbocycles. The minimum Gasteiger partial charge on any atom is -0.381 e. The monoisotopic (exact) mass is 228 g/mol. The molecule has 96 valence electrons. The number of nitrogens with one attached hydrogen (secondary N) is 1. The van der Waals surface area contributed by atoms with Crippen LogP contribution < -0.4 is 5.32 Å². The number of hydrogen-bond donors (Lipinski definition) is 1. The van der Waals surface area contributed by atoms with Crippen LogP contribution >= 0.6 is 0 Å². The van der Waals surface area contributed by atoms with E-state index in [4.69, 9.17) is 4.74 Å². The van der Waals surface area contributed by atoms with E-state index >= 15 is 0 Å². The molecule has 0 aromatic heterocycles. The van der Waals surface area contributed by atoms with Gasteiger partial charge in [0.1, 0.15) is 0 Å². The fourth-order valence-corrected chi connectivity index (χ4v) is 1.99. The molecule has 1 aliphatic heterocycles. The SMILES string of the molecule is CC(C)COCCCN1CCNC(C)CC1. The van der Waals surface area contributed by atoms with Gasteiger partial charge in [0.15, 0.2) is 0 Å². The van der Waals surface area contributed by atoms with Crippen LogP contribution in [0.4, 0.5) is 0 Å². The highest BCUT2D eigenvalue weighted by atomic mass is 16.5. The van der Waals surface area contributed by atoms with Crippen LogP contribution in [0.25, 0.3) is 0 Å². The van der Waals surface area contributed by atoms with Gasteiger partial charge in [-0.2, -0.15) is 0 Å². The molecule has 1 unspecified atom stereocenters. The summed E-state index contributed by atoms with van der Waals surface area (Å²) < 4.78 is 5.60. The van der Waals surface area contributed by atoms with E-state index in [-0.39, 0.29) is 0 Å². The van der Waals surface area contributed by atoms with Gasteiger partial charge in [-0.05, 0) is 32.2 Å². The Labute approximate surface area is 101 Å². The van der Waals surface area contributed by atoms with Gasteiger partial charge in [0.25, 0.3) is 0 Å². The van der Waals surface area contributed by atoms with Gasteiger partial charge in [0.2, 0.25) is 0 Å². The van der Waals surface area contributed by atoms with E-state index in [1.165, 1.54) is 32.5 Å². The lowest BCUT2D eigenvalue weighted by atomic mass is 10.2. The average Bonchev–Trinajstić information content (AvgIpc) is 2.43. The Morgan fingerprint density at radius 3 is 2.94 bits per heavy atom. The van der Waals surface area contributed by atoms with Crippen LogP contribution in [0.1, 0.15) is 33.6 Å². The normalized spacial score (nSPS) is 23.6. The third-order valence-corrected chi connectivity index (χ3v) is 3.01. The summed E-state index contributed by atoms with van der Waals surface area (Å²) in [5, 5.41) is 3.52. The molecule has 0 aliphatic carbocycles. The van der Waals surface area contributed by atoms with Gasteiger partial charge in [0, 0.05) is 38.9 Å². The van der Waals surface area contributed by atoms with Crippen LogP contribution in [0.3, 0.4) is 0 Å². The van der Waals surface area contributed by atoms with Crippen molar-refractivity contribution in [1.29, 1.82) is 0 Å². The highest BCUT2D eigenvalue weighted by molar-refractivity contribution is 4.71. The minimum absolute atomic E-state index is 0.656. The molecule has 1 heterocycles. The van der Waals surface area contributed by atoms with Gasteiger partial charge in [-0.15, -0.1) is 0 Å². The summed E-state index contributed by atoms with van der Waals surface area (Å²) >= 11 is 0. The second-order valence-electron chi connectivity index (χ2n) is 5.31. The molecule has 3 nitrogen and oxygen atoms in total. The van der Waals surface area contributed by atoms with Crippen molar-refractivity contribution in [3.63, 3.8) is 0 Å². The Bertz CT molecular complexity index is 173. The first-order chi connectivity index (χ1) is 7.68. The van der Waals surface area contributed by atoms with Crippen LogP contribution in [0.2, 0.25) is 0 Å². The fraction of sp³-hybridized carbons (Fsp3) is 1.00. The molecule has 1 atom stereocenters. The molecule has 0 aromatic rings. The summed E-state index contributed by atoms with van der Waals surface area (Å²) in [4.78, 5) is 2.55. The first-order valence-corrected chi connectivity index (χ1v) is 6.72. The third kappa shape index (κ3) is 6.46. The fourth-order valence-electron chi connectivity index (χ4n) is 1.99. The zero-order valence-electron chi connectivity index (χ0n) is 11.2. The average molecular weight is 228 g/mol. The van der Waals surface area contributed by atoms with Gasteiger partial charge in [-0.1, -0.05) is 13.8 Å². The lowest BCUT2D eigenvalue weighted by Crippen LogP contribution is -2.30. The Kier molecular flexibility index (Phi) is 7.01. The molecule has 0 radical (unpaired) electrons. The van der Waals surface area contributed by atoms with Crippen molar-refractivity contribution >= 4 is 0 Å². The van der Waals surface area contributed by atoms with Crippen molar-refractivity contribution in [2.75, 3.05) is 39.4 Å². The lowest BCUT2D eigenvalue weighted by Gasteiger charge is -2.19. The van der Waals surface area contributed by atoms with E-state index in [9.17, 15) is 0 Å². The topological polar surface area (TPSA) is 24.5 Å². The van der Waals surface area contributed by atoms with Crippen LogP contribution in [0.5, 0.6) is 0 Å². The molecule has 1 fully saturated rings. The predicted octanol–water partition coefficient (Wildman–Crippen LogP) is 1.73. The molecule has 0 bridgehead atoms. The van der Waals surface area contributed by atoms with Crippen molar-refractivity contribution in [2.24, 2.45) is 5.92 Å². The number of rotatable bonds is 6. The van der Waals surface area contributed by atoms with Crippen LogP contribution in [-0.2, 0) is 4.74 Å². The molecular weight excluding hydrogens is 200 g/mol. The van der Waals surface area contributed by atoms with Gasteiger partial charge >= 0.3 is 0 Å². The Balaban J connectivity index is 1.99. The molecule has 1 aliphatic rings. The Hall–Kier alpha value is -0.120. The maximum Gasteiger partial charge on any atom is 0.0489 e. The zero-order chi connectivity index (χ0) is 11.8. The first-order valence-electron chi connectivity index (χ1n) is 6.72. The quantitative estimate of drug-likeness (QED) is 0.701. The van der Waals surface area contributed by atoms with Crippen LogP contribution in [0.15, 0.2) is 0 Å². The van der Waals surface area contributed by atoms with Crippen molar-refractivity contribution in [1.82, 2.24) is 10.2 Å². The summed E-state index contributed by atoms with van der Waals surface area (Å²) in [5.74, 6) is 0.656. The molecule has 0 spiro atoms. The van der Waals surface area contributed by atoms with Crippen LogP contribution in [0, 0.1) is 5.92 Å². The van der Waals surface area contributed by atoms with Crippen molar-refractivity contribution in [2.45, 2.75) is 39.7 Å². The van der Waals surface area contributed by atoms with E-state index in [1.807, 2.05) is 0 Å². The lowest BCUT2D eigenvalue weighted by molar-refractivity contribution is 0.0998. The molecule has 3 heteroatoms. The van der Waals surface area contributed by atoms with Crippen molar-refractivity contribution in [3.8, 4) is 0 Å². The summed E-state index contributed by atoms with van der Waals surface area (Å²) in [6.45, 7) is 13.2. The number of nitrogens with zero attached hydrogens (tertiary/aromatic N) is 1. The largest absolute Gasteiger partial charge is 0.381 e. The van der Waals surface area contributed by atoms with Gasteiger partial charge in [0.05, 0.1) is 0 Å². The standard InChI is InChI=1S/C13H28N2O/c1-12(2)11-16-10-4-7-15-8-5-13(3)14-6-9-15/h12-14H,4-11H2,1-3H3. The number of ether oxygens (including phenoxy) is 1. The van der Waals surface area contributed by atoms with Gasteiger partial charge in [-0.3, -0.25) is 0 Å². The Morgan fingerprint density at radius 2 is 2.19 bits per heavy atom. The van der Waals surface area contributed by atoms with Crippen molar-refractivity contribution < 1.29 is 4.74 Å². The number of hydrogen-bond acceptors (Lipinski definition) is 3. The van der Waals surface area contributed by atoms with Crippen molar-refractivity contribution in [3.05, 3.63) is 0 Å². The van der Waals surface area contributed by atoms with E-state index in [1.54, 1.807) is 0 Å². The highest BCUT2D eigenvalue weighted by Crippen LogP contribution is 2.02. The van der Waals surface area contributed by atoms with E-state index < -0.39 is 0 Å². The molecule has 0 amide bonds. The summed E-state index contributed by atoms with van der Waals surface area (Å²) in [7, 11) is 0. The molecule has 1 saturated heterocycles. The van der Waals surface area contributed by atoms with Crippen LogP contribution in [-0.4, -0.2) is 50.3 Å². The summed E-state index contributed by atoms with van der Waals surface area (Å²) in [6.07, 6.45) is 2.44. The molecular formula is C13H28N2O. The first kappa shape index (κ1) is 13.9. The molecule has 16 heavy (non-hydrogen) atoms. The summed E-state index contributed by atoms with van der Waals surface area (Å²) in [6, 6.07) is 0.683. The predicted molar refractivity (Wildman–Crippen MR) is 68.8 cm³/mol. The molecule has 0 aromatic carbocycles. The maximum atomic E-state index is 5.60. The highest BCUT2D eigenvalue weighted by Gasteiger charge is 2.11. The zero-order valence-corrected chi connectivity index (χ0v) is 11.2. The van der Waals surface area contributed by atoms with Gasteiger partial charge in [-0.25, -0.2) is 0 Å². The van der Waals surface area contributed by atoms with E-state index in [0.717, 1.165) is 19.8 Å². The minimum atomic E-state index is 0.656. The van der Waals surface area contributed by atoms with E-state index in [2.05, 4.69) is 31.0 Å². The molecule has 1 rings (SSSR count). The smallest absolute Gasteiger partial charge is 0.0489 e.